The predicted molar refractivity (Wildman–Crippen MR) is 110 cm³/mol. The zero-order valence-corrected chi connectivity index (χ0v) is 16.5. The Hall–Kier alpha value is -3.15. The van der Waals surface area contributed by atoms with Gasteiger partial charge in [0, 0.05) is 24.5 Å². The van der Waals surface area contributed by atoms with Crippen molar-refractivity contribution in [1.29, 1.82) is 0 Å². The van der Waals surface area contributed by atoms with Crippen LogP contribution in [-0.4, -0.2) is 36.2 Å². The van der Waals surface area contributed by atoms with Gasteiger partial charge in [-0.25, -0.2) is 9.97 Å². The highest BCUT2D eigenvalue weighted by Crippen LogP contribution is 2.29. The number of carbonyl (C=O) groups is 1. The Balaban J connectivity index is 1.66. The monoisotopic (exact) mass is 379 g/mol. The highest BCUT2D eigenvalue weighted by molar-refractivity contribution is 5.91. The van der Waals surface area contributed by atoms with E-state index in [4.69, 9.17) is 9.47 Å². The summed E-state index contributed by atoms with van der Waals surface area (Å²) in [5, 5.41) is 1.01. The lowest BCUT2D eigenvalue weighted by atomic mass is 10.2. The van der Waals surface area contributed by atoms with Gasteiger partial charge in [0.1, 0.15) is 17.4 Å². The van der Waals surface area contributed by atoms with Crippen LogP contribution in [0, 0.1) is 6.92 Å². The number of nitrogens with zero attached hydrogens (tertiary/aromatic N) is 3. The third-order valence-electron chi connectivity index (χ3n) is 4.34. The van der Waals surface area contributed by atoms with Crippen molar-refractivity contribution in [3.05, 3.63) is 54.4 Å². The van der Waals surface area contributed by atoms with E-state index in [0.717, 1.165) is 34.0 Å². The summed E-state index contributed by atoms with van der Waals surface area (Å²) in [5.74, 6) is 2.19. The molecule has 0 amide bonds. The first kappa shape index (κ1) is 19.6. The number of aromatic nitrogens is 2. The fourth-order valence-corrected chi connectivity index (χ4v) is 2.96. The van der Waals surface area contributed by atoms with Gasteiger partial charge in [0.15, 0.2) is 0 Å². The van der Waals surface area contributed by atoms with Gasteiger partial charge >= 0.3 is 5.97 Å². The molecule has 2 aromatic carbocycles. The first-order chi connectivity index (χ1) is 13.6. The van der Waals surface area contributed by atoms with Crippen LogP contribution in [0.2, 0.25) is 0 Å². The molecular weight excluding hydrogens is 354 g/mol. The van der Waals surface area contributed by atoms with Crippen molar-refractivity contribution in [3.63, 3.8) is 0 Å². The number of esters is 1. The maximum Gasteiger partial charge on any atom is 0.305 e. The van der Waals surface area contributed by atoms with E-state index in [0.29, 0.717) is 26.1 Å². The Bertz CT molecular complexity index is 941. The van der Waals surface area contributed by atoms with Crippen molar-refractivity contribution in [2.75, 3.05) is 25.2 Å². The topological polar surface area (TPSA) is 64.6 Å². The minimum atomic E-state index is -0.185. The average Bonchev–Trinajstić information content (AvgIpc) is 2.70. The molecule has 0 aliphatic heterocycles. The van der Waals surface area contributed by atoms with E-state index in [-0.39, 0.29) is 5.97 Å². The van der Waals surface area contributed by atoms with E-state index < -0.39 is 0 Å². The van der Waals surface area contributed by atoms with Gasteiger partial charge in [0.25, 0.3) is 0 Å². The molecule has 0 N–H and O–H groups in total. The molecule has 6 nitrogen and oxygen atoms in total. The second-order valence-electron chi connectivity index (χ2n) is 6.42. The van der Waals surface area contributed by atoms with Gasteiger partial charge in [-0.2, -0.15) is 0 Å². The van der Waals surface area contributed by atoms with E-state index in [1.54, 1.807) is 6.92 Å². The molecule has 0 aliphatic carbocycles. The second-order valence-corrected chi connectivity index (χ2v) is 6.42. The van der Waals surface area contributed by atoms with Crippen LogP contribution < -0.4 is 9.64 Å². The van der Waals surface area contributed by atoms with Gasteiger partial charge in [-0.15, -0.1) is 0 Å². The maximum absolute atomic E-state index is 11.3. The smallest absolute Gasteiger partial charge is 0.305 e. The number of ether oxygens (including phenoxy) is 2. The molecule has 0 saturated carbocycles. The van der Waals surface area contributed by atoms with Crippen LogP contribution in [0.1, 0.15) is 25.6 Å². The molecule has 0 radical (unpaired) electrons. The highest BCUT2D eigenvalue weighted by Gasteiger charge is 2.12. The lowest BCUT2D eigenvalue weighted by molar-refractivity contribution is -0.143. The molecule has 0 aliphatic rings. The van der Waals surface area contributed by atoms with Crippen molar-refractivity contribution in [2.24, 2.45) is 0 Å². The molecular formula is C22H25N3O3. The van der Waals surface area contributed by atoms with E-state index >= 15 is 0 Å². The van der Waals surface area contributed by atoms with Gasteiger partial charge in [-0.1, -0.05) is 12.1 Å². The highest BCUT2D eigenvalue weighted by atomic mass is 16.5. The molecule has 1 aromatic heterocycles. The zero-order valence-electron chi connectivity index (χ0n) is 16.5. The molecule has 0 atom stereocenters. The predicted octanol–water partition coefficient (Wildman–Crippen LogP) is 4.43. The van der Waals surface area contributed by atoms with E-state index in [1.807, 2.05) is 67.4 Å². The van der Waals surface area contributed by atoms with Crippen LogP contribution in [0.4, 0.5) is 11.5 Å². The number of para-hydroxylation sites is 1. The fraction of sp³-hybridized carbons (Fsp3) is 0.318. The van der Waals surface area contributed by atoms with Gasteiger partial charge in [-0.3, -0.25) is 4.79 Å². The average molecular weight is 379 g/mol. The Morgan fingerprint density at radius 3 is 2.57 bits per heavy atom. The van der Waals surface area contributed by atoms with Gasteiger partial charge in [0.05, 0.1) is 18.7 Å². The number of fused-ring (bicyclic) bond motifs is 1. The minimum Gasteiger partial charge on any atom is -0.494 e. The standard InChI is InChI=1S/C22H25N3O3/c1-4-27-21(26)10-7-15-28-18-13-11-17(12-14-18)25(3)22-19-8-5-6-9-20(19)23-16(2)24-22/h5-6,8-9,11-14H,4,7,10,15H2,1-3H3. The summed E-state index contributed by atoms with van der Waals surface area (Å²) in [5.41, 5.74) is 1.93. The molecule has 0 unspecified atom stereocenters. The van der Waals surface area contributed by atoms with Crippen molar-refractivity contribution in [3.8, 4) is 5.75 Å². The molecule has 3 aromatic rings. The van der Waals surface area contributed by atoms with E-state index in [1.165, 1.54) is 0 Å². The van der Waals surface area contributed by atoms with E-state index in [2.05, 4.69) is 9.97 Å². The number of aryl methyl sites for hydroxylation is 1. The summed E-state index contributed by atoms with van der Waals surface area (Å²) in [7, 11) is 1.99. The summed E-state index contributed by atoms with van der Waals surface area (Å²) in [6.07, 6.45) is 1.00. The third-order valence-corrected chi connectivity index (χ3v) is 4.34. The Morgan fingerprint density at radius 1 is 1.07 bits per heavy atom. The molecule has 1 heterocycles. The largest absolute Gasteiger partial charge is 0.494 e. The molecule has 3 rings (SSSR count). The summed E-state index contributed by atoms with van der Waals surface area (Å²) in [4.78, 5) is 22.5. The van der Waals surface area contributed by atoms with E-state index in [9.17, 15) is 4.79 Å². The van der Waals surface area contributed by atoms with Gasteiger partial charge < -0.3 is 14.4 Å². The normalized spacial score (nSPS) is 10.7. The third kappa shape index (κ3) is 4.76. The second kappa shape index (κ2) is 9.17. The van der Waals surface area contributed by atoms with Crippen LogP contribution in [-0.2, 0) is 9.53 Å². The molecule has 0 saturated heterocycles. The van der Waals surface area contributed by atoms with Crippen molar-refractivity contribution in [2.45, 2.75) is 26.7 Å². The Kier molecular flexibility index (Phi) is 6.42. The molecule has 6 heteroatoms. The van der Waals surface area contributed by atoms with Gasteiger partial charge in [0.2, 0.25) is 0 Å². The summed E-state index contributed by atoms with van der Waals surface area (Å²) < 4.78 is 10.6. The van der Waals surface area contributed by atoms with Crippen LogP contribution >= 0.6 is 0 Å². The first-order valence-corrected chi connectivity index (χ1v) is 9.44. The van der Waals surface area contributed by atoms with Crippen LogP contribution in [0.3, 0.4) is 0 Å². The fourth-order valence-electron chi connectivity index (χ4n) is 2.96. The number of hydrogen-bond donors (Lipinski definition) is 0. The molecule has 28 heavy (non-hydrogen) atoms. The van der Waals surface area contributed by atoms with Crippen molar-refractivity contribution >= 4 is 28.4 Å². The summed E-state index contributed by atoms with van der Waals surface area (Å²) >= 11 is 0. The Labute approximate surface area is 165 Å². The van der Waals surface area contributed by atoms with Crippen molar-refractivity contribution < 1.29 is 14.3 Å². The summed E-state index contributed by atoms with van der Waals surface area (Å²) in [6, 6.07) is 15.8. The molecule has 0 bridgehead atoms. The number of hydrogen-bond acceptors (Lipinski definition) is 6. The minimum absolute atomic E-state index is 0.185. The number of benzene rings is 2. The summed E-state index contributed by atoms with van der Waals surface area (Å²) in [6.45, 7) is 4.59. The molecule has 0 spiro atoms. The van der Waals surface area contributed by atoms with Crippen LogP contribution in [0.15, 0.2) is 48.5 Å². The number of rotatable bonds is 8. The quantitative estimate of drug-likeness (QED) is 0.426. The Morgan fingerprint density at radius 2 is 1.82 bits per heavy atom. The van der Waals surface area contributed by atoms with Crippen molar-refractivity contribution in [1.82, 2.24) is 9.97 Å². The maximum atomic E-state index is 11.3. The van der Waals surface area contributed by atoms with Gasteiger partial charge in [-0.05, 0) is 56.7 Å². The first-order valence-electron chi connectivity index (χ1n) is 9.44. The molecule has 146 valence electrons. The lowest BCUT2D eigenvalue weighted by Crippen LogP contribution is -2.13. The van der Waals surface area contributed by atoms with Crippen LogP contribution in [0.25, 0.3) is 10.9 Å². The SMILES string of the molecule is CCOC(=O)CCCOc1ccc(N(C)c2nc(C)nc3ccccc23)cc1. The number of carbonyl (C=O) groups excluding carboxylic acids is 1. The van der Waals surface area contributed by atoms with Crippen LogP contribution in [0.5, 0.6) is 5.75 Å². The lowest BCUT2D eigenvalue weighted by Gasteiger charge is -2.20. The molecule has 0 fully saturated rings. The number of anilines is 2. The zero-order chi connectivity index (χ0) is 19.9.